The molecule has 0 unspecified atom stereocenters. The number of ether oxygens (including phenoxy) is 2. The molecular formula is C21H32N4O4. The van der Waals surface area contributed by atoms with Crippen molar-refractivity contribution in [3.8, 4) is 0 Å². The molecular weight excluding hydrogens is 372 g/mol. The lowest BCUT2D eigenvalue weighted by molar-refractivity contribution is 0.0544. The van der Waals surface area contributed by atoms with Crippen molar-refractivity contribution in [3.63, 3.8) is 0 Å². The summed E-state index contributed by atoms with van der Waals surface area (Å²) in [6.07, 6.45) is -1.10. The van der Waals surface area contributed by atoms with Crippen LogP contribution in [0.5, 0.6) is 0 Å². The smallest absolute Gasteiger partial charge is 0.421 e. The molecule has 0 aliphatic carbocycles. The Bertz CT molecular complexity index is 904. The van der Waals surface area contributed by atoms with Gasteiger partial charge in [0.25, 0.3) is 0 Å². The molecule has 8 heteroatoms. The second-order valence-corrected chi connectivity index (χ2v) is 9.26. The molecule has 0 radical (unpaired) electrons. The number of rotatable bonds is 3. The molecule has 0 aliphatic rings. The van der Waals surface area contributed by atoms with E-state index in [2.05, 4.69) is 10.3 Å². The summed E-state index contributed by atoms with van der Waals surface area (Å²) in [7, 11) is 1.87. The van der Waals surface area contributed by atoms with E-state index in [1.807, 2.05) is 46.6 Å². The second-order valence-electron chi connectivity index (χ2n) is 9.26. The van der Waals surface area contributed by atoms with Crippen molar-refractivity contribution < 1.29 is 19.1 Å². The van der Waals surface area contributed by atoms with Crippen molar-refractivity contribution in [2.75, 3.05) is 17.3 Å². The minimum Gasteiger partial charge on any atom is -0.444 e. The average molecular weight is 405 g/mol. The summed E-state index contributed by atoms with van der Waals surface area (Å²) in [6, 6.07) is 5.28. The molecule has 0 atom stereocenters. The minimum absolute atomic E-state index is 0.118. The largest absolute Gasteiger partial charge is 0.444 e. The predicted molar refractivity (Wildman–Crippen MR) is 115 cm³/mol. The van der Waals surface area contributed by atoms with Gasteiger partial charge >= 0.3 is 12.2 Å². The van der Waals surface area contributed by atoms with Gasteiger partial charge < -0.3 is 14.4 Å². The van der Waals surface area contributed by atoms with E-state index in [0.29, 0.717) is 22.7 Å². The molecule has 29 heavy (non-hydrogen) atoms. The highest BCUT2D eigenvalue weighted by Gasteiger charge is 2.26. The lowest BCUT2D eigenvalue weighted by Gasteiger charge is -2.25. The number of nitrogens with one attached hydrogen (secondary N) is 1. The van der Waals surface area contributed by atoms with Crippen LogP contribution in [0.2, 0.25) is 0 Å². The number of benzene rings is 1. The number of imidazole rings is 1. The maximum atomic E-state index is 13.0. The van der Waals surface area contributed by atoms with Gasteiger partial charge in [0, 0.05) is 18.8 Å². The van der Waals surface area contributed by atoms with Crippen LogP contribution in [0.1, 0.15) is 55.4 Å². The first-order chi connectivity index (χ1) is 13.2. The molecule has 0 saturated heterocycles. The van der Waals surface area contributed by atoms with Gasteiger partial charge in [-0.05, 0) is 73.6 Å². The molecule has 0 spiro atoms. The van der Waals surface area contributed by atoms with E-state index in [4.69, 9.17) is 9.47 Å². The number of anilines is 2. The van der Waals surface area contributed by atoms with Crippen LogP contribution < -0.4 is 10.2 Å². The molecule has 1 amide bonds. The third kappa shape index (κ3) is 5.85. The lowest BCUT2D eigenvalue weighted by atomic mass is 10.2. The van der Waals surface area contributed by atoms with Gasteiger partial charge in [-0.1, -0.05) is 0 Å². The third-order valence-corrected chi connectivity index (χ3v) is 3.95. The molecule has 160 valence electrons. The summed E-state index contributed by atoms with van der Waals surface area (Å²) in [4.78, 5) is 31.6. The number of nitrogens with zero attached hydrogens (tertiary/aromatic N) is 3. The van der Waals surface area contributed by atoms with E-state index < -0.39 is 23.4 Å². The number of hydrogen-bond donors (Lipinski definition) is 1. The van der Waals surface area contributed by atoms with Crippen LogP contribution in [0, 0.1) is 0 Å². The standard InChI is InChI=1S/C21H32N4O4/c1-13(2)24(9)17-23-15-11-10-14(22-18(26)28-20(3,4)5)12-16(15)25(17)19(27)29-21(6,7)8/h10-13H,1-9H3,(H,22,26). The van der Waals surface area contributed by atoms with Crippen molar-refractivity contribution in [1.29, 1.82) is 0 Å². The molecule has 1 aromatic heterocycles. The molecule has 2 aromatic rings. The monoisotopic (exact) mass is 404 g/mol. The maximum absolute atomic E-state index is 13.0. The first-order valence-corrected chi connectivity index (χ1v) is 9.66. The molecule has 0 saturated carbocycles. The van der Waals surface area contributed by atoms with Gasteiger partial charge in [0.2, 0.25) is 5.95 Å². The topological polar surface area (TPSA) is 85.7 Å². The van der Waals surface area contributed by atoms with Gasteiger partial charge in [0.1, 0.15) is 11.2 Å². The van der Waals surface area contributed by atoms with Gasteiger partial charge in [-0.25, -0.2) is 19.1 Å². The van der Waals surface area contributed by atoms with Crippen LogP contribution in [-0.2, 0) is 9.47 Å². The number of amides is 1. The van der Waals surface area contributed by atoms with E-state index >= 15 is 0 Å². The van der Waals surface area contributed by atoms with Crippen LogP contribution >= 0.6 is 0 Å². The van der Waals surface area contributed by atoms with Crippen LogP contribution in [0.4, 0.5) is 21.2 Å². The van der Waals surface area contributed by atoms with Gasteiger partial charge in [-0.2, -0.15) is 0 Å². The van der Waals surface area contributed by atoms with Crippen molar-refractivity contribution in [2.45, 2.75) is 72.6 Å². The molecule has 1 heterocycles. The molecule has 8 nitrogen and oxygen atoms in total. The van der Waals surface area contributed by atoms with Gasteiger partial charge in [-0.3, -0.25) is 5.32 Å². The fourth-order valence-corrected chi connectivity index (χ4v) is 2.52. The number of carbonyl (C=O) groups is 2. The van der Waals surface area contributed by atoms with Crippen LogP contribution in [0.3, 0.4) is 0 Å². The maximum Gasteiger partial charge on any atom is 0.421 e. The quantitative estimate of drug-likeness (QED) is 0.774. The number of fused-ring (bicyclic) bond motifs is 1. The van der Waals surface area contributed by atoms with Crippen LogP contribution in [-0.4, -0.2) is 46.0 Å². The van der Waals surface area contributed by atoms with Crippen LogP contribution in [0.15, 0.2) is 18.2 Å². The number of carbonyl (C=O) groups excluding carboxylic acids is 2. The molecule has 0 aliphatic heterocycles. The second kappa shape index (κ2) is 7.93. The Morgan fingerprint density at radius 3 is 2.17 bits per heavy atom. The van der Waals surface area contributed by atoms with E-state index in [-0.39, 0.29) is 6.04 Å². The highest BCUT2D eigenvalue weighted by Crippen LogP contribution is 2.27. The summed E-state index contributed by atoms with van der Waals surface area (Å²) < 4.78 is 12.3. The summed E-state index contributed by atoms with van der Waals surface area (Å²) >= 11 is 0. The zero-order valence-corrected chi connectivity index (χ0v) is 18.8. The first-order valence-electron chi connectivity index (χ1n) is 9.66. The molecule has 2 rings (SSSR count). The zero-order chi connectivity index (χ0) is 22.1. The fourth-order valence-electron chi connectivity index (χ4n) is 2.52. The normalized spacial score (nSPS) is 12.2. The summed E-state index contributed by atoms with van der Waals surface area (Å²) in [6.45, 7) is 14.8. The Hall–Kier alpha value is -2.77. The third-order valence-electron chi connectivity index (χ3n) is 3.95. The Morgan fingerprint density at radius 2 is 1.66 bits per heavy atom. The summed E-state index contributed by atoms with van der Waals surface area (Å²) in [5, 5.41) is 2.70. The van der Waals surface area contributed by atoms with Crippen molar-refractivity contribution in [2.24, 2.45) is 0 Å². The van der Waals surface area contributed by atoms with Crippen molar-refractivity contribution in [1.82, 2.24) is 9.55 Å². The summed E-state index contributed by atoms with van der Waals surface area (Å²) in [5.74, 6) is 0.471. The Morgan fingerprint density at radius 1 is 1.07 bits per heavy atom. The molecule has 0 fully saturated rings. The Labute approximate surface area is 172 Å². The molecule has 1 N–H and O–H groups in total. The predicted octanol–water partition coefficient (Wildman–Crippen LogP) is 5.01. The SMILES string of the molecule is CC(C)N(C)c1nc2ccc(NC(=O)OC(C)(C)C)cc2n1C(=O)OC(C)(C)C. The van der Waals surface area contributed by atoms with E-state index in [0.717, 1.165) is 0 Å². The average Bonchev–Trinajstić information content (AvgIpc) is 2.89. The van der Waals surface area contributed by atoms with Gasteiger partial charge in [0.05, 0.1) is 11.0 Å². The van der Waals surface area contributed by atoms with Crippen molar-refractivity contribution in [3.05, 3.63) is 18.2 Å². The highest BCUT2D eigenvalue weighted by atomic mass is 16.6. The Balaban J connectivity index is 2.51. The first kappa shape index (κ1) is 22.5. The van der Waals surface area contributed by atoms with Crippen molar-refractivity contribution >= 4 is 34.9 Å². The van der Waals surface area contributed by atoms with Crippen LogP contribution in [0.25, 0.3) is 11.0 Å². The van der Waals surface area contributed by atoms with E-state index in [1.54, 1.807) is 39.0 Å². The van der Waals surface area contributed by atoms with E-state index in [1.165, 1.54) is 4.57 Å². The molecule has 0 bridgehead atoms. The number of aromatic nitrogens is 2. The van der Waals surface area contributed by atoms with Gasteiger partial charge in [0.15, 0.2) is 0 Å². The van der Waals surface area contributed by atoms with Gasteiger partial charge in [-0.15, -0.1) is 0 Å². The highest BCUT2D eigenvalue weighted by molar-refractivity contribution is 5.95. The summed E-state index contributed by atoms with van der Waals surface area (Å²) in [5.41, 5.74) is 0.381. The number of hydrogen-bond acceptors (Lipinski definition) is 6. The van der Waals surface area contributed by atoms with E-state index in [9.17, 15) is 9.59 Å². The molecule has 1 aromatic carbocycles. The lowest BCUT2D eigenvalue weighted by Crippen LogP contribution is -2.33. The minimum atomic E-state index is -0.659. The zero-order valence-electron chi connectivity index (χ0n) is 18.8. The fraction of sp³-hybridized carbons (Fsp3) is 0.571. The Kier molecular flexibility index (Phi) is 6.15.